The van der Waals surface area contributed by atoms with E-state index in [0.29, 0.717) is 6.61 Å². The van der Waals surface area contributed by atoms with Gasteiger partial charge >= 0.3 is 0 Å². The Morgan fingerprint density at radius 1 is 1.17 bits per heavy atom. The van der Waals surface area contributed by atoms with Gasteiger partial charge in [-0.3, -0.25) is 4.79 Å². The number of benzene rings is 1. The summed E-state index contributed by atoms with van der Waals surface area (Å²) in [5, 5.41) is 0. The molecule has 4 atom stereocenters. The van der Waals surface area contributed by atoms with Gasteiger partial charge in [0.25, 0.3) is 0 Å². The summed E-state index contributed by atoms with van der Waals surface area (Å²) in [6.07, 6.45) is -1.67. The van der Waals surface area contributed by atoms with Crippen LogP contribution in [0, 0.1) is 0 Å². The number of carbonyl (C=O) groups is 1. The van der Waals surface area contributed by atoms with Crippen molar-refractivity contribution >= 4 is 29.0 Å². The van der Waals surface area contributed by atoms with E-state index in [1.54, 1.807) is 13.8 Å². The third-order valence-corrected chi connectivity index (χ3v) is 5.81. The lowest BCUT2D eigenvalue weighted by Gasteiger charge is -2.50. The molecule has 130 valence electrons. The molecular formula is C17H18Cl2O5. The van der Waals surface area contributed by atoms with Crippen molar-refractivity contribution in [2.75, 3.05) is 0 Å². The Balaban J connectivity index is 1.60. The minimum atomic E-state index is -1.66. The molecule has 1 saturated carbocycles. The molecule has 1 aromatic carbocycles. The molecule has 3 fully saturated rings. The monoisotopic (exact) mass is 372 g/mol. The molecule has 1 spiro atoms. The maximum atomic E-state index is 11.9. The number of fused-ring (bicyclic) bond motifs is 1. The van der Waals surface area contributed by atoms with Crippen molar-refractivity contribution in [1.82, 2.24) is 0 Å². The Kier molecular flexibility index (Phi) is 3.77. The van der Waals surface area contributed by atoms with Gasteiger partial charge in [-0.25, -0.2) is 0 Å². The first-order valence-corrected chi connectivity index (χ1v) is 8.61. The lowest BCUT2D eigenvalue weighted by Crippen LogP contribution is -2.70. The van der Waals surface area contributed by atoms with E-state index in [4.69, 9.17) is 42.1 Å². The molecule has 3 aliphatic rings. The summed E-state index contributed by atoms with van der Waals surface area (Å²) in [4.78, 5) is 11.9. The second kappa shape index (κ2) is 5.40. The maximum absolute atomic E-state index is 11.9. The summed E-state index contributed by atoms with van der Waals surface area (Å²) >= 11 is 12.6. The molecule has 4 rings (SSSR count). The zero-order chi connectivity index (χ0) is 17.2. The number of Topliss-reactive ketones (excluding diaryl/α,β-unsaturated/α-hetero) is 1. The number of rotatable bonds is 3. The highest BCUT2D eigenvalue weighted by Crippen LogP contribution is 2.60. The Bertz CT molecular complexity index is 662. The Labute approximate surface area is 150 Å². The molecule has 0 bridgehead atoms. The predicted molar refractivity (Wildman–Crippen MR) is 86.7 cm³/mol. The highest BCUT2D eigenvalue weighted by atomic mass is 35.5. The lowest BCUT2D eigenvalue weighted by molar-refractivity contribution is -0.256. The van der Waals surface area contributed by atoms with Crippen molar-refractivity contribution in [1.29, 1.82) is 0 Å². The first-order valence-electron chi connectivity index (χ1n) is 7.85. The van der Waals surface area contributed by atoms with Crippen LogP contribution < -0.4 is 0 Å². The minimum absolute atomic E-state index is 0.0829. The van der Waals surface area contributed by atoms with Crippen LogP contribution in [-0.4, -0.2) is 40.0 Å². The quantitative estimate of drug-likeness (QED) is 0.763. The molecule has 0 amide bonds. The molecule has 2 unspecified atom stereocenters. The molecule has 1 aliphatic carbocycles. The van der Waals surface area contributed by atoms with E-state index in [-0.39, 0.29) is 12.2 Å². The Morgan fingerprint density at radius 3 is 2.50 bits per heavy atom. The minimum Gasteiger partial charge on any atom is -0.367 e. The van der Waals surface area contributed by atoms with Crippen LogP contribution in [0.4, 0.5) is 0 Å². The summed E-state index contributed by atoms with van der Waals surface area (Å²) in [6, 6.07) is 9.71. The van der Waals surface area contributed by atoms with Gasteiger partial charge in [0.1, 0.15) is 17.8 Å². The van der Waals surface area contributed by atoms with Crippen LogP contribution in [0.15, 0.2) is 30.3 Å². The molecule has 0 N–H and O–H groups in total. The molecule has 7 heteroatoms. The number of alkyl halides is 2. The van der Waals surface area contributed by atoms with Crippen LogP contribution in [0.1, 0.15) is 25.8 Å². The predicted octanol–water partition coefficient (Wildman–Crippen LogP) is 2.97. The third-order valence-electron chi connectivity index (χ3n) is 4.75. The number of halogens is 2. The zero-order valence-electron chi connectivity index (χ0n) is 13.3. The van der Waals surface area contributed by atoms with Crippen molar-refractivity contribution in [2.24, 2.45) is 0 Å². The second-order valence-electron chi connectivity index (χ2n) is 6.87. The summed E-state index contributed by atoms with van der Waals surface area (Å²) in [5.41, 5.74) is -0.150. The number of ketones is 1. The van der Waals surface area contributed by atoms with Crippen molar-refractivity contribution in [2.45, 2.75) is 61.1 Å². The number of ether oxygens (including phenoxy) is 4. The van der Waals surface area contributed by atoms with Gasteiger partial charge in [0.15, 0.2) is 17.9 Å². The normalized spacial score (nSPS) is 39.0. The molecule has 2 saturated heterocycles. The summed E-state index contributed by atoms with van der Waals surface area (Å²) in [7, 11) is 0. The molecule has 2 heterocycles. The summed E-state index contributed by atoms with van der Waals surface area (Å²) in [5.74, 6) is -1.07. The fourth-order valence-electron chi connectivity index (χ4n) is 3.57. The van der Waals surface area contributed by atoms with E-state index >= 15 is 0 Å². The zero-order valence-corrected chi connectivity index (χ0v) is 14.8. The molecule has 24 heavy (non-hydrogen) atoms. The number of carbonyl (C=O) groups excluding carboxylic acids is 1. The number of hydrogen-bond donors (Lipinski definition) is 0. The maximum Gasteiger partial charge on any atom is 0.207 e. The molecule has 2 aliphatic heterocycles. The van der Waals surface area contributed by atoms with E-state index < -0.39 is 34.2 Å². The van der Waals surface area contributed by atoms with E-state index in [0.717, 1.165) is 5.56 Å². The van der Waals surface area contributed by atoms with E-state index in [1.807, 2.05) is 30.3 Å². The Hall–Kier alpha value is -0.690. The van der Waals surface area contributed by atoms with Crippen LogP contribution in [0.25, 0.3) is 0 Å². The fraction of sp³-hybridized carbons (Fsp3) is 0.588. The van der Waals surface area contributed by atoms with Crippen molar-refractivity contribution in [3.8, 4) is 0 Å². The summed E-state index contributed by atoms with van der Waals surface area (Å²) in [6.45, 7) is 3.94. The first kappa shape index (κ1) is 16.8. The van der Waals surface area contributed by atoms with E-state index in [9.17, 15) is 4.79 Å². The summed E-state index contributed by atoms with van der Waals surface area (Å²) < 4.78 is 22.1. The van der Waals surface area contributed by atoms with Gasteiger partial charge in [0, 0.05) is 6.42 Å². The first-order chi connectivity index (χ1) is 11.3. The van der Waals surface area contributed by atoms with Crippen LogP contribution in [-0.2, 0) is 30.3 Å². The van der Waals surface area contributed by atoms with Gasteiger partial charge < -0.3 is 18.9 Å². The van der Waals surface area contributed by atoms with Crippen LogP contribution in [0.3, 0.4) is 0 Å². The van der Waals surface area contributed by atoms with Gasteiger partial charge in [-0.15, -0.1) is 0 Å². The van der Waals surface area contributed by atoms with Crippen molar-refractivity contribution in [3.63, 3.8) is 0 Å². The average molecular weight is 373 g/mol. The van der Waals surface area contributed by atoms with Gasteiger partial charge in [0.2, 0.25) is 4.33 Å². The van der Waals surface area contributed by atoms with Gasteiger partial charge in [0.05, 0.1) is 6.61 Å². The third kappa shape index (κ3) is 2.34. The lowest BCUT2D eigenvalue weighted by atomic mass is 9.73. The molecular weight excluding hydrogens is 355 g/mol. The largest absolute Gasteiger partial charge is 0.367 e. The topological polar surface area (TPSA) is 54.0 Å². The SMILES string of the molecule is CC1(C)OC2O[C@]3(CC(=O)C3(Cl)Cl)[C@@H](OCc3ccccc3)C2O1. The fourth-order valence-corrected chi connectivity index (χ4v) is 4.14. The average Bonchev–Trinajstić information content (AvgIpc) is 2.97. The van der Waals surface area contributed by atoms with Crippen molar-refractivity contribution in [3.05, 3.63) is 35.9 Å². The molecule has 1 aromatic rings. The molecule has 5 nitrogen and oxygen atoms in total. The van der Waals surface area contributed by atoms with Crippen LogP contribution in [0.2, 0.25) is 0 Å². The highest BCUT2D eigenvalue weighted by Gasteiger charge is 2.77. The number of hydrogen-bond acceptors (Lipinski definition) is 5. The van der Waals surface area contributed by atoms with Crippen molar-refractivity contribution < 1.29 is 23.7 Å². The van der Waals surface area contributed by atoms with Gasteiger partial charge in [-0.05, 0) is 19.4 Å². The van der Waals surface area contributed by atoms with Gasteiger partial charge in [-0.2, -0.15) is 0 Å². The smallest absolute Gasteiger partial charge is 0.207 e. The second-order valence-corrected chi connectivity index (χ2v) is 8.19. The van der Waals surface area contributed by atoms with Crippen LogP contribution in [0.5, 0.6) is 0 Å². The standard InChI is InChI=1S/C17H18Cl2O5/c1-15(2)22-12-13(21-9-10-6-4-3-5-7-10)16(24-14(12)23-15)8-11(20)17(16,18)19/h3-7,12-14H,8-9H2,1-2H3/t12?,13-,14?,16+/m0/s1. The van der Waals surface area contributed by atoms with Crippen LogP contribution >= 0.6 is 23.2 Å². The highest BCUT2D eigenvalue weighted by molar-refractivity contribution is 6.61. The molecule has 0 aromatic heterocycles. The molecule has 0 radical (unpaired) electrons. The van der Waals surface area contributed by atoms with Gasteiger partial charge in [-0.1, -0.05) is 53.5 Å². The van der Waals surface area contributed by atoms with E-state index in [2.05, 4.69) is 0 Å². The Morgan fingerprint density at radius 2 is 1.88 bits per heavy atom. The van der Waals surface area contributed by atoms with E-state index in [1.165, 1.54) is 0 Å².